The highest BCUT2D eigenvalue weighted by Crippen LogP contribution is 2.14. The summed E-state index contributed by atoms with van der Waals surface area (Å²) < 4.78 is 0. The molecule has 3 nitrogen and oxygen atoms in total. The van der Waals surface area contributed by atoms with Gasteiger partial charge in [-0.15, -0.1) is 0 Å². The Morgan fingerprint density at radius 1 is 1.43 bits per heavy atom. The number of aliphatic imine (C=N–C) groups is 1. The van der Waals surface area contributed by atoms with Gasteiger partial charge in [0.25, 0.3) is 0 Å². The molecule has 0 saturated carbocycles. The minimum atomic E-state index is 0.314. The molecule has 82 valence electrons. The highest BCUT2D eigenvalue weighted by Gasteiger charge is 2.19. The van der Waals surface area contributed by atoms with Gasteiger partial charge in [0.1, 0.15) is 0 Å². The standard InChI is InChI=1S/C11H23N3/c1-11(2,9-14(3)4)8-13-10-6-5-7-12-10/h5-9H2,1-4H3,(H,12,13). The SMILES string of the molecule is CN(C)CC(C)(C)CNC1=NCCC1. The van der Waals surface area contributed by atoms with Crippen LogP contribution in [0, 0.1) is 5.41 Å². The molecular formula is C11H23N3. The van der Waals surface area contributed by atoms with E-state index in [1.165, 1.54) is 12.3 Å². The Morgan fingerprint density at radius 3 is 2.64 bits per heavy atom. The summed E-state index contributed by atoms with van der Waals surface area (Å²) >= 11 is 0. The Morgan fingerprint density at radius 2 is 2.14 bits per heavy atom. The van der Waals surface area contributed by atoms with E-state index in [0.717, 1.165) is 26.1 Å². The second-order valence-electron chi connectivity index (χ2n) is 5.19. The lowest BCUT2D eigenvalue weighted by Crippen LogP contribution is -2.39. The van der Waals surface area contributed by atoms with Crippen LogP contribution in [0.15, 0.2) is 4.99 Å². The lowest BCUT2D eigenvalue weighted by Gasteiger charge is -2.28. The van der Waals surface area contributed by atoms with Gasteiger partial charge in [-0.2, -0.15) is 0 Å². The predicted molar refractivity (Wildman–Crippen MR) is 61.9 cm³/mol. The number of nitrogens with one attached hydrogen (secondary N) is 1. The number of hydrogen-bond donors (Lipinski definition) is 1. The van der Waals surface area contributed by atoms with Crippen molar-refractivity contribution >= 4 is 5.84 Å². The molecule has 1 aliphatic rings. The lowest BCUT2D eigenvalue weighted by molar-refractivity contribution is 0.241. The maximum atomic E-state index is 4.41. The molecule has 0 bridgehead atoms. The van der Waals surface area contributed by atoms with Gasteiger partial charge in [0.2, 0.25) is 0 Å². The molecule has 0 aromatic rings. The first-order valence-corrected chi connectivity index (χ1v) is 5.41. The Hall–Kier alpha value is -0.570. The average Bonchev–Trinajstić information content (AvgIpc) is 2.50. The van der Waals surface area contributed by atoms with Gasteiger partial charge < -0.3 is 10.2 Å². The molecule has 1 aliphatic heterocycles. The maximum absolute atomic E-state index is 4.41. The van der Waals surface area contributed by atoms with Gasteiger partial charge in [0.05, 0.1) is 5.84 Å². The molecular weight excluding hydrogens is 174 g/mol. The van der Waals surface area contributed by atoms with Gasteiger partial charge in [-0.1, -0.05) is 13.8 Å². The molecule has 1 rings (SSSR count). The van der Waals surface area contributed by atoms with Crippen LogP contribution >= 0.6 is 0 Å². The summed E-state index contributed by atoms with van der Waals surface area (Å²) in [5.41, 5.74) is 0.314. The van der Waals surface area contributed by atoms with Crippen molar-refractivity contribution < 1.29 is 0 Å². The van der Waals surface area contributed by atoms with Gasteiger partial charge in [-0.05, 0) is 25.9 Å². The molecule has 0 atom stereocenters. The van der Waals surface area contributed by atoms with E-state index in [1.807, 2.05) is 0 Å². The fourth-order valence-corrected chi connectivity index (χ4v) is 1.94. The van der Waals surface area contributed by atoms with Crippen molar-refractivity contribution in [1.29, 1.82) is 0 Å². The van der Waals surface area contributed by atoms with Gasteiger partial charge in [0, 0.05) is 26.1 Å². The van der Waals surface area contributed by atoms with Crippen LogP contribution in [0.1, 0.15) is 26.7 Å². The minimum Gasteiger partial charge on any atom is -0.373 e. The molecule has 3 heteroatoms. The summed E-state index contributed by atoms with van der Waals surface area (Å²) in [6.07, 6.45) is 2.36. The molecule has 0 unspecified atom stereocenters. The van der Waals surface area contributed by atoms with Crippen molar-refractivity contribution in [3.05, 3.63) is 0 Å². The molecule has 1 heterocycles. The summed E-state index contributed by atoms with van der Waals surface area (Å²) in [5.74, 6) is 1.21. The van der Waals surface area contributed by atoms with Crippen molar-refractivity contribution in [2.75, 3.05) is 33.7 Å². The zero-order valence-corrected chi connectivity index (χ0v) is 9.93. The Bertz CT molecular complexity index is 207. The van der Waals surface area contributed by atoms with Gasteiger partial charge in [-0.3, -0.25) is 4.99 Å². The lowest BCUT2D eigenvalue weighted by atomic mass is 9.93. The molecule has 0 amide bonds. The Labute approximate surface area is 87.6 Å². The van der Waals surface area contributed by atoms with Crippen molar-refractivity contribution in [3.8, 4) is 0 Å². The topological polar surface area (TPSA) is 27.6 Å². The van der Waals surface area contributed by atoms with E-state index in [0.29, 0.717) is 5.41 Å². The smallest absolute Gasteiger partial charge is 0.0963 e. The third-order valence-corrected chi connectivity index (χ3v) is 2.39. The summed E-state index contributed by atoms with van der Waals surface area (Å²) in [6.45, 7) is 7.71. The molecule has 0 fully saturated rings. The molecule has 0 radical (unpaired) electrons. The number of nitrogens with zero attached hydrogens (tertiary/aromatic N) is 2. The highest BCUT2D eigenvalue weighted by atomic mass is 15.1. The predicted octanol–water partition coefficient (Wildman–Crippen LogP) is 1.36. The van der Waals surface area contributed by atoms with E-state index in [9.17, 15) is 0 Å². The van der Waals surface area contributed by atoms with Crippen LogP contribution in [-0.4, -0.2) is 44.5 Å². The van der Waals surface area contributed by atoms with Crippen molar-refractivity contribution in [1.82, 2.24) is 10.2 Å². The molecule has 1 N–H and O–H groups in total. The fraction of sp³-hybridized carbons (Fsp3) is 0.909. The van der Waals surface area contributed by atoms with Crippen molar-refractivity contribution in [2.24, 2.45) is 10.4 Å². The third-order valence-electron chi connectivity index (χ3n) is 2.39. The largest absolute Gasteiger partial charge is 0.373 e. The van der Waals surface area contributed by atoms with E-state index < -0.39 is 0 Å². The van der Waals surface area contributed by atoms with Crippen LogP contribution in [0.5, 0.6) is 0 Å². The highest BCUT2D eigenvalue weighted by molar-refractivity contribution is 5.83. The van der Waals surface area contributed by atoms with E-state index in [2.05, 4.69) is 43.2 Å². The summed E-state index contributed by atoms with van der Waals surface area (Å²) in [4.78, 5) is 6.64. The summed E-state index contributed by atoms with van der Waals surface area (Å²) in [6, 6.07) is 0. The molecule has 0 aromatic heterocycles. The molecule has 0 aromatic carbocycles. The van der Waals surface area contributed by atoms with Crippen LogP contribution in [0.3, 0.4) is 0 Å². The van der Waals surface area contributed by atoms with Crippen LogP contribution < -0.4 is 5.32 Å². The van der Waals surface area contributed by atoms with Crippen LogP contribution in [-0.2, 0) is 0 Å². The fourth-order valence-electron chi connectivity index (χ4n) is 1.94. The zero-order chi connectivity index (χ0) is 10.6. The maximum Gasteiger partial charge on any atom is 0.0963 e. The summed E-state index contributed by atoms with van der Waals surface area (Å²) in [7, 11) is 4.24. The quantitative estimate of drug-likeness (QED) is 0.737. The van der Waals surface area contributed by atoms with Gasteiger partial charge >= 0.3 is 0 Å². The molecule has 0 spiro atoms. The van der Waals surface area contributed by atoms with Gasteiger partial charge in [-0.25, -0.2) is 0 Å². The van der Waals surface area contributed by atoms with Crippen molar-refractivity contribution in [3.63, 3.8) is 0 Å². The molecule has 0 saturated heterocycles. The molecule has 0 aliphatic carbocycles. The second kappa shape index (κ2) is 4.78. The monoisotopic (exact) mass is 197 g/mol. The Kier molecular flexibility index (Phi) is 3.93. The van der Waals surface area contributed by atoms with Crippen LogP contribution in [0.2, 0.25) is 0 Å². The van der Waals surface area contributed by atoms with Crippen LogP contribution in [0.25, 0.3) is 0 Å². The number of rotatable bonds is 4. The first-order valence-electron chi connectivity index (χ1n) is 5.41. The minimum absolute atomic E-state index is 0.314. The Balaban J connectivity index is 2.27. The zero-order valence-electron chi connectivity index (χ0n) is 9.93. The number of hydrogen-bond acceptors (Lipinski definition) is 3. The molecule has 14 heavy (non-hydrogen) atoms. The van der Waals surface area contributed by atoms with Crippen LogP contribution in [0.4, 0.5) is 0 Å². The van der Waals surface area contributed by atoms with E-state index in [4.69, 9.17) is 0 Å². The first-order chi connectivity index (χ1) is 6.49. The van der Waals surface area contributed by atoms with E-state index in [1.54, 1.807) is 0 Å². The van der Waals surface area contributed by atoms with Crippen molar-refractivity contribution in [2.45, 2.75) is 26.7 Å². The third kappa shape index (κ3) is 4.09. The van der Waals surface area contributed by atoms with E-state index in [-0.39, 0.29) is 0 Å². The normalized spacial score (nSPS) is 17.4. The second-order valence-corrected chi connectivity index (χ2v) is 5.19. The number of amidine groups is 1. The summed E-state index contributed by atoms with van der Waals surface area (Å²) in [5, 5.41) is 3.45. The average molecular weight is 197 g/mol. The first kappa shape index (κ1) is 11.5. The van der Waals surface area contributed by atoms with Gasteiger partial charge in [0.15, 0.2) is 0 Å². The van der Waals surface area contributed by atoms with E-state index >= 15 is 0 Å².